The fourth-order valence-electron chi connectivity index (χ4n) is 4.33. The molecule has 0 saturated carbocycles. The minimum atomic E-state index is -4.49. The van der Waals surface area contributed by atoms with Gasteiger partial charge >= 0.3 is 12.1 Å². The third-order valence-electron chi connectivity index (χ3n) is 6.38. The average molecular weight is 601 g/mol. The SMILES string of the molecule is O=C(O)COCCOc1ccc(CCc2c(-c3ccc(C(F)(F)F)cc3)nn(-c3nc4cc(Cl)ccc4[nH]3)c2O)cc1. The number of carboxylic acid groups (broad SMARTS) is 1. The number of carboxylic acids is 1. The van der Waals surface area contributed by atoms with Gasteiger partial charge in [0.2, 0.25) is 11.8 Å². The smallest absolute Gasteiger partial charge is 0.416 e. The van der Waals surface area contributed by atoms with Gasteiger partial charge in [-0.3, -0.25) is 0 Å². The van der Waals surface area contributed by atoms with Crippen LogP contribution in [0.15, 0.2) is 66.7 Å². The van der Waals surface area contributed by atoms with Crippen LogP contribution in [-0.2, 0) is 28.5 Å². The van der Waals surface area contributed by atoms with Gasteiger partial charge < -0.3 is 24.7 Å². The molecule has 0 radical (unpaired) electrons. The predicted molar refractivity (Wildman–Crippen MR) is 148 cm³/mol. The Labute approximate surface area is 242 Å². The number of rotatable bonds is 11. The number of ether oxygens (including phenoxy) is 2. The largest absolute Gasteiger partial charge is 0.493 e. The minimum Gasteiger partial charge on any atom is -0.493 e. The number of benzene rings is 3. The molecule has 9 nitrogen and oxygen atoms in total. The molecule has 13 heteroatoms. The molecule has 42 heavy (non-hydrogen) atoms. The van der Waals surface area contributed by atoms with Crippen molar-refractivity contribution in [2.75, 3.05) is 19.8 Å². The van der Waals surface area contributed by atoms with E-state index in [2.05, 4.69) is 15.1 Å². The predicted octanol–water partition coefficient (Wildman–Crippen LogP) is 6.06. The Hall–Kier alpha value is -4.55. The van der Waals surface area contributed by atoms with Crippen LogP contribution >= 0.6 is 11.6 Å². The maximum absolute atomic E-state index is 13.2. The highest BCUT2D eigenvalue weighted by atomic mass is 35.5. The summed E-state index contributed by atoms with van der Waals surface area (Å²) < 4.78 is 51.2. The van der Waals surface area contributed by atoms with Gasteiger partial charge in [-0.1, -0.05) is 35.9 Å². The lowest BCUT2D eigenvalue weighted by atomic mass is 10.00. The van der Waals surface area contributed by atoms with Crippen molar-refractivity contribution in [2.24, 2.45) is 0 Å². The Morgan fingerprint density at radius 3 is 2.43 bits per heavy atom. The van der Waals surface area contributed by atoms with E-state index in [9.17, 15) is 23.1 Å². The van der Waals surface area contributed by atoms with Crippen molar-refractivity contribution in [3.63, 3.8) is 0 Å². The first kappa shape index (κ1) is 29.0. The second-order valence-corrected chi connectivity index (χ2v) is 9.73. The molecule has 0 saturated heterocycles. The molecular formula is C29H24ClF3N4O5. The van der Waals surface area contributed by atoms with Crippen molar-refractivity contribution in [2.45, 2.75) is 19.0 Å². The summed E-state index contributed by atoms with van der Waals surface area (Å²) >= 11 is 6.08. The van der Waals surface area contributed by atoms with Crippen molar-refractivity contribution in [1.82, 2.24) is 19.7 Å². The van der Waals surface area contributed by atoms with Crippen LogP contribution in [0.3, 0.4) is 0 Å². The Bertz CT molecular complexity index is 1700. The zero-order chi connectivity index (χ0) is 29.9. The van der Waals surface area contributed by atoms with Crippen molar-refractivity contribution < 1.29 is 37.7 Å². The summed E-state index contributed by atoms with van der Waals surface area (Å²) in [4.78, 5) is 18.0. The maximum Gasteiger partial charge on any atom is 0.416 e. The van der Waals surface area contributed by atoms with E-state index in [1.807, 2.05) is 12.1 Å². The molecule has 0 aliphatic rings. The summed E-state index contributed by atoms with van der Waals surface area (Å²) in [6.07, 6.45) is -3.69. The topological polar surface area (TPSA) is 122 Å². The molecule has 0 fully saturated rings. The number of aryl methyl sites for hydroxylation is 1. The van der Waals surface area contributed by atoms with E-state index < -0.39 is 24.3 Å². The molecule has 0 aliphatic carbocycles. The number of nitrogens with zero attached hydrogens (tertiary/aromatic N) is 3. The van der Waals surface area contributed by atoms with Gasteiger partial charge in [0, 0.05) is 16.1 Å². The van der Waals surface area contributed by atoms with Gasteiger partial charge in [-0.15, -0.1) is 0 Å². The van der Waals surface area contributed by atoms with E-state index >= 15 is 0 Å². The monoisotopic (exact) mass is 600 g/mol. The Balaban J connectivity index is 1.39. The fraction of sp³-hybridized carbons (Fsp3) is 0.207. The number of aromatic hydroxyl groups is 1. The zero-order valence-electron chi connectivity index (χ0n) is 21.9. The van der Waals surface area contributed by atoms with E-state index in [-0.39, 0.29) is 25.0 Å². The van der Waals surface area contributed by atoms with Gasteiger partial charge in [-0.25, -0.2) is 9.78 Å². The van der Waals surface area contributed by atoms with Crippen molar-refractivity contribution in [3.8, 4) is 28.8 Å². The number of fused-ring (bicyclic) bond motifs is 1. The Morgan fingerprint density at radius 1 is 1.00 bits per heavy atom. The lowest BCUT2D eigenvalue weighted by Gasteiger charge is -2.09. The van der Waals surface area contributed by atoms with Gasteiger partial charge in [0.25, 0.3) is 0 Å². The number of aliphatic carboxylic acids is 1. The molecule has 0 unspecified atom stereocenters. The van der Waals surface area contributed by atoms with Crippen LogP contribution < -0.4 is 4.74 Å². The Morgan fingerprint density at radius 2 is 1.74 bits per heavy atom. The molecule has 3 aromatic carbocycles. The van der Waals surface area contributed by atoms with Gasteiger partial charge in [0.1, 0.15) is 24.7 Å². The summed E-state index contributed by atoms with van der Waals surface area (Å²) in [6.45, 7) is -0.0859. The minimum absolute atomic E-state index is 0.127. The molecule has 0 bridgehead atoms. The second-order valence-electron chi connectivity index (χ2n) is 9.30. The van der Waals surface area contributed by atoms with Crippen LogP contribution in [-0.4, -0.2) is 55.8 Å². The summed E-state index contributed by atoms with van der Waals surface area (Å²) in [6, 6.07) is 16.9. The number of hydrogen-bond donors (Lipinski definition) is 3. The number of alkyl halides is 3. The molecule has 5 aromatic rings. The van der Waals surface area contributed by atoms with Crippen LogP contribution in [0.25, 0.3) is 28.2 Å². The molecule has 0 aliphatic heterocycles. The van der Waals surface area contributed by atoms with Crippen LogP contribution in [0.1, 0.15) is 16.7 Å². The number of hydrogen-bond acceptors (Lipinski definition) is 6. The molecule has 0 amide bonds. The number of carbonyl (C=O) groups is 1. The van der Waals surface area contributed by atoms with Gasteiger partial charge in [-0.2, -0.15) is 23.0 Å². The standard InChI is InChI=1S/C29H24ClF3N4O5/c30-20-8-12-23-24(15-20)35-28(34-23)37-27(40)22(26(36-37)18-4-6-19(7-5-18)29(31,32)33)11-3-17-1-9-21(10-2-17)42-14-13-41-16-25(38)39/h1-2,4-10,12,15,40H,3,11,13-14,16H2,(H,34,35)(H,38,39). The lowest BCUT2D eigenvalue weighted by Crippen LogP contribution is -2.12. The maximum atomic E-state index is 13.2. The molecule has 0 spiro atoms. The third-order valence-corrected chi connectivity index (χ3v) is 6.62. The van der Waals surface area contributed by atoms with E-state index in [4.69, 9.17) is 26.2 Å². The van der Waals surface area contributed by atoms with Crippen molar-refractivity contribution in [3.05, 3.63) is 88.4 Å². The van der Waals surface area contributed by atoms with Gasteiger partial charge in [-0.05, 0) is 60.9 Å². The van der Waals surface area contributed by atoms with E-state index in [0.29, 0.717) is 51.5 Å². The van der Waals surface area contributed by atoms with Gasteiger partial charge in [0.15, 0.2) is 0 Å². The zero-order valence-corrected chi connectivity index (χ0v) is 22.6. The molecule has 3 N–H and O–H groups in total. The van der Waals surface area contributed by atoms with Crippen LogP contribution in [0.2, 0.25) is 5.02 Å². The first-order valence-corrected chi connectivity index (χ1v) is 13.1. The lowest BCUT2D eigenvalue weighted by molar-refractivity contribution is -0.142. The first-order valence-electron chi connectivity index (χ1n) is 12.7. The highest BCUT2D eigenvalue weighted by molar-refractivity contribution is 6.31. The van der Waals surface area contributed by atoms with Crippen molar-refractivity contribution in [1.29, 1.82) is 0 Å². The number of aromatic amines is 1. The van der Waals surface area contributed by atoms with Crippen LogP contribution in [0.5, 0.6) is 11.6 Å². The molecule has 2 aromatic heterocycles. The van der Waals surface area contributed by atoms with E-state index in [0.717, 1.165) is 17.7 Å². The summed E-state index contributed by atoms with van der Waals surface area (Å²) in [5.74, 6) is -0.460. The average Bonchev–Trinajstić information content (AvgIpc) is 3.52. The normalized spacial score (nSPS) is 11.7. The third kappa shape index (κ3) is 6.67. The van der Waals surface area contributed by atoms with E-state index in [1.54, 1.807) is 30.3 Å². The molecule has 218 valence electrons. The highest BCUT2D eigenvalue weighted by Gasteiger charge is 2.30. The van der Waals surface area contributed by atoms with Crippen LogP contribution in [0, 0.1) is 0 Å². The van der Waals surface area contributed by atoms with Gasteiger partial charge in [0.05, 0.1) is 23.2 Å². The second kappa shape index (κ2) is 12.1. The highest BCUT2D eigenvalue weighted by Crippen LogP contribution is 2.35. The number of H-pyrrole nitrogens is 1. The summed E-state index contributed by atoms with van der Waals surface area (Å²) in [7, 11) is 0. The van der Waals surface area contributed by atoms with Crippen LogP contribution in [0.4, 0.5) is 13.2 Å². The summed E-state index contributed by atoms with van der Waals surface area (Å²) in [5.41, 5.74) is 2.50. The number of nitrogens with one attached hydrogen (secondary N) is 1. The quantitative estimate of drug-likeness (QED) is 0.158. The molecule has 2 heterocycles. The Kier molecular flexibility index (Phi) is 8.36. The number of halogens is 4. The molecule has 0 atom stereocenters. The van der Waals surface area contributed by atoms with E-state index in [1.165, 1.54) is 16.8 Å². The summed E-state index contributed by atoms with van der Waals surface area (Å²) in [5, 5.41) is 24.9. The number of imidazole rings is 1. The first-order chi connectivity index (χ1) is 20.1. The molecule has 5 rings (SSSR count). The fourth-order valence-corrected chi connectivity index (χ4v) is 4.50. The van der Waals surface area contributed by atoms with Crippen molar-refractivity contribution >= 4 is 28.6 Å². The molecular weight excluding hydrogens is 577 g/mol. The number of aromatic nitrogens is 4.